The highest BCUT2D eigenvalue weighted by Crippen LogP contribution is 2.23. The van der Waals surface area contributed by atoms with Gasteiger partial charge in [0.2, 0.25) is 0 Å². The average Bonchev–Trinajstić information content (AvgIpc) is 2.75. The van der Waals surface area contributed by atoms with E-state index in [9.17, 15) is 8.78 Å². The van der Waals surface area contributed by atoms with Crippen molar-refractivity contribution in [3.8, 4) is 0 Å². The molecule has 3 nitrogen and oxygen atoms in total. The van der Waals surface area contributed by atoms with E-state index in [4.69, 9.17) is 5.73 Å². The van der Waals surface area contributed by atoms with Gasteiger partial charge in [0.1, 0.15) is 11.6 Å². The maximum atomic E-state index is 13.5. The predicted octanol–water partition coefficient (Wildman–Crippen LogP) is 2.49. The van der Waals surface area contributed by atoms with Gasteiger partial charge in [-0.3, -0.25) is 0 Å². The largest absolute Gasteiger partial charge is 0.329 e. The number of halogens is 2. The molecular formula is C12H13F2N3S. The SMILES string of the molecule is Cn1ccnc1SCC(N)c1cc(F)ccc1F. The highest BCUT2D eigenvalue weighted by atomic mass is 32.2. The van der Waals surface area contributed by atoms with Gasteiger partial charge in [-0.1, -0.05) is 11.8 Å². The van der Waals surface area contributed by atoms with Gasteiger partial charge in [0.25, 0.3) is 0 Å². The van der Waals surface area contributed by atoms with Crippen molar-refractivity contribution in [3.05, 3.63) is 47.8 Å². The van der Waals surface area contributed by atoms with Gasteiger partial charge in [0.15, 0.2) is 5.16 Å². The number of hydrogen-bond donors (Lipinski definition) is 1. The molecule has 1 aromatic carbocycles. The summed E-state index contributed by atoms with van der Waals surface area (Å²) in [4.78, 5) is 4.12. The average molecular weight is 269 g/mol. The quantitative estimate of drug-likeness (QED) is 0.867. The van der Waals surface area contributed by atoms with E-state index in [-0.39, 0.29) is 5.56 Å². The topological polar surface area (TPSA) is 43.8 Å². The molecule has 1 unspecified atom stereocenters. The summed E-state index contributed by atoms with van der Waals surface area (Å²) in [5.74, 6) is -0.529. The number of aryl methyl sites for hydroxylation is 1. The number of hydrogen-bond acceptors (Lipinski definition) is 3. The second-order valence-corrected chi connectivity index (χ2v) is 4.89. The molecular weight excluding hydrogens is 256 g/mol. The van der Waals surface area contributed by atoms with Crippen LogP contribution in [0.2, 0.25) is 0 Å². The van der Waals surface area contributed by atoms with E-state index < -0.39 is 17.7 Å². The zero-order valence-electron chi connectivity index (χ0n) is 9.81. The molecule has 0 aliphatic rings. The smallest absolute Gasteiger partial charge is 0.167 e. The fourth-order valence-electron chi connectivity index (χ4n) is 1.54. The minimum atomic E-state index is -0.567. The summed E-state index contributed by atoms with van der Waals surface area (Å²) >= 11 is 1.41. The Morgan fingerprint density at radius 3 is 2.89 bits per heavy atom. The van der Waals surface area contributed by atoms with E-state index in [1.165, 1.54) is 11.8 Å². The minimum Gasteiger partial charge on any atom is -0.329 e. The Balaban J connectivity index is 2.06. The lowest BCUT2D eigenvalue weighted by molar-refractivity contribution is 0.573. The number of thioether (sulfide) groups is 1. The van der Waals surface area contributed by atoms with Gasteiger partial charge < -0.3 is 10.3 Å². The summed E-state index contributed by atoms with van der Waals surface area (Å²) < 4.78 is 28.4. The van der Waals surface area contributed by atoms with E-state index >= 15 is 0 Å². The maximum Gasteiger partial charge on any atom is 0.167 e. The van der Waals surface area contributed by atoms with Gasteiger partial charge in [-0.15, -0.1) is 0 Å². The minimum absolute atomic E-state index is 0.191. The van der Waals surface area contributed by atoms with Gasteiger partial charge in [-0.25, -0.2) is 13.8 Å². The van der Waals surface area contributed by atoms with Crippen molar-refractivity contribution in [2.75, 3.05) is 5.75 Å². The van der Waals surface area contributed by atoms with Crippen molar-refractivity contribution in [2.24, 2.45) is 12.8 Å². The van der Waals surface area contributed by atoms with E-state index in [0.29, 0.717) is 5.75 Å². The van der Waals surface area contributed by atoms with E-state index in [2.05, 4.69) is 4.98 Å². The van der Waals surface area contributed by atoms with Crippen LogP contribution in [0.1, 0.15) is 11.6 Å². The molecule has 1 heterocycles. The Bertz CT molecular complexity index is 542. The lowest BCUT2D eigenvalue weighted by Gasteiger charge is -2.12. The molecule has 2 aromatic rings. The molecule has 0 aliphatic heterocycles. The van der Waals surface area contributed by atoms with E-state index in [1.54, 1.807) is 6.20 Å². The van der Waals surface area contributed by atoms with Crippen molar-refractivity contribution in [2.45, 2.75) is 11.2 Å². The second-order valence-electron chi connectivity index (χ2n) is 3.90. The van der Waals surface area contributed by atoms with Crippen LogP contribution >= 0.6 is 11.8 Å². The standard InChI is InChI=1S/C12H13F2N3S/c1-17-5-4-16-12(17)18-7-11(15)9-6-8(13)2-3-10(9)14/h2-6,11H,7,15H2,1H3. The van der Waals surface area contributed by atoms with Crippen molar-refractivity contribution in [3.63, 3.8) is 0 Å². The zero-order chi connectivity index (χ0) is 13.1. The van der Waals surface area contributed by atoms with Crippen LogP contribution in [0.3, 0.4) is 0 Å². The van der Waals surface area contributed by atoms with Crippen LogP contribution in [0.4, 0.5) is 8.78 Å². The molecule has 0 saturated carbocycles. The van der Waals surface area contributed by atoms with Crippen LogP contribution < -0.4 is 5.73 Å². The molecule has 0 saturated heterocycles. The van der Waals surface area contributed by atoms with Crippen LogP contribution in [0.15, 0.2) is 35.7 Å². The third kappa shape index (κ3) is 2.88. The summed E-state index contributed by atoms with van der Waals surface area (Å²) in [7, 11) is 1.86. The third-order valence-electron chi connectivity index (χ3n) is 2.53. The normalized spacial score (nSPS) is 12.7. The predicted molar refractivity (Wildman–Crippen MR) is 67.2 cm³/mol. The molecule has 18 heavy (non-hydrogen) atoms. The van der Waals surface area contributed by atoms with Crippen LogP contribution in [0, 0.1) is 11.6 Å². The lowest BCUT2D eigenvalue weighted by atomic mass is 10.1. The number of nitrogens with two attached hydrogens (primary N) is 1. The lowest BCUT2D eigenvalue weighted by Crippen LogP contribution is -2.15. The van der Waals surface area contributed by atoms with E-state index in [1.807, 2.05) is 17.8 Å². The second kappa shape index (κ2) is 5.49. The van der Waals surface area contributed by atoms with Crippen LogP contribution in [-0.4, -0.2) is 15.3 Å². The number of imidazole rings is 1. The van der Waals surface area contributed by atoms with Crippen LogP contribution in [-0.2, 0) is 7.05 Å². The van der Waals surface area contributed by atoms with Gasteiger partial charge in [-0.05, 0) is 18.2 Å². The van der Waals surface area contributed by atoms with E-state index in [0.717, 1.165) is 23.4 Å². The number of aromatic nitrogens is 2. The summed E-state index contributed by atoms with van der Waals surface area (Å²) in [5, 5.41) is 0.794. The van der Waals surface area contributed by atoms with Gasteiger partial charge in [0.05, 0.1) is 0 Å². The zero-order valence-corrected chi connectivity index (χ0v) is 10.6. The molecule has 0 aliphatic carbocycles. The Morgan fingerprint density at radius 1 is 1.44 bits per heavy atom. The molecule has 96 valence electrons. The molecule has 2 N–H and O–H groups in total. The fraction of sp³-hybridized carbons (Fsp3) is 0.250. The van der Waals surface area contributed by atoms with Crippen LogP contribution in [0.25, 0.3) is 0 Å². The Morgan fingerprint density at radius 2 is 2.22 bits per heavy atom. The van der Waals surface area contributed by atoms with Crippen molar-refractivity contribution in [1.29, 1.82) is 0 Å². The molecule has 1 aromatic heterocycles. The van der Waals surface area contributed by atoms with Gasteiger partial charge >= 0.3 is 0 Å². The summed E-state index contributed by atoms with van der Waals surface area (Å²) in [6.45, 7) is 0. The Kier molecular flexibility index (Phi) is 3.98. The monoisotopic (exact) mass is 269 g/mol. The highest BCUT2D eigenvalue weighted by molar-refractivity contribution is 7.99. The first kappa shape index (κ1) is 13.0. The first-order valence-corrected chi connectivity index (χ1v) is 6.37. The van der Waals surface area contributed by atoms with Gasteiger partial charge in [-0.2, -0.15) is 0 Å². The maximum absolute atomic E-state index is 13.5. The number of benzene rings is 1. The summed E-state index contributed by atoms with van der Waals surface area (Å²) in [6, 6.07) is 2.74. The van der Waals surface area contributed by atoms with Crippen molar-refractivity contribution < 1.29 is 8.78 Å². The first-order chi connectivity index (χ1) is 8.58. The number of rotatable bonds is 4. The van der Waals surface area contributed by atoms with Crippen molar-refractivity contribution in [1.82, 2.24) is 9.55 Å². The fourth-order valence-corrected chi connectivity index (χ4v) is 2.45. The molecule has 6 heteroatoms. The van der Waals surface area contributed by atoms with Crippen molar-refractivity contribution >= 4 is 11.8 Å². The Labute approximate surface area is 108 Å². The summed E-state index contributed by atoms with van der Waals surface area (Å²) in [6.07, 6.45) is 3.49. The molecule has 1 atom stereocenters. The molecule has 0 fully saturated rings. The molecule has 0 spiro atoms. The van der Waals surface area contributed by atoms with Crippen LogP contribution in [0.5, 0.6) is 0 Å². The first-order valence-electron chi connectivity index (χ1n) is 5.38. The number of nitrogens with zero attached hydrogens (tertiary/aromatic N) is 2. The van der Waals surface area contributed by atoms with Gasteiger partial charge in [0, 0.05) is 36.8 Å². The summed E-state index contributed by atoms with van der Waals surface area (Å²) in [5.41, 5.74) is 6.06. The molecule has 2 rings (SSSR count). The third-order valence-corrected chi connectivity index (χ3v) is 3.70. The Hall–Kier alpha value is -1.40. The molecule has 0 bridgehead atoms. The molecule has 0 amide bonds. The molecule has 0 radical (unpaired) electrons. The highest BCUT2D eigenvalue weighted by Gasteiger charge is 2.14.